The molecule has 0 aliphatic heterocycles. The minimum atomic E-state index is -0.239. The molecular weight excluding hydrogens is 1250 g/mol. The molecule has 0 unspecified atom stereocenters. The second-order valence-electron chi connectivity index (χ2n) is 28.1. The van der Waals surface area contributed by atoms with Gasteiger partial charge in [-0.25, -0.2) is 0 Å². The van der Waals surface area contributed by atoms with E-state index in [0.717, 1.165) is 109 Å². The lowest BCUT2D eigenvalue weighted by molar-refractivity contribution is -0.151. The standard InChI is InChI=1S/C44H86N2O5S.C37H70N2O5S/c1-7-11-15-19-23-30-40(31-24-20-16-12-8-2)50-42(47)34-27-37-46(44(49)52-39-29-36-45(5)6)38-28-35-43(48)51-41(32-25-21-17-13-9-3)33-26-22-18-14-10-4;1-6-9-12-15-16-19-22-32-43-35(40)27-23-29-39(37(42)45-33-31-38(4)5)30-24-28-36(41)44-34(25-20-17-13-10-7-2)26-21-18-14-11-8-3/h40-41H,7-39H2,1-6H3;19,22,34H,6-18,20-21,23-33H2,1-5H3/b;22-19-. The summed E-state index contributed by atoms with van der Waals surface area (Å²) in [6, 6.07) is 0. The Labute approximate surface area is 607 Å². The predicted octanol–water partition coefficient (Wildman–Crippen LogP) is 22.9. The third-order valence-electron chi connectivity index (χ3n) is 17.9. The van der Waals surface area contributed by atoms with E-state index in [1.165, 1.54) is 203 Å². The molecule has 0 saturated heterocycles. The number of thioether (sulfide) groups is 2. The second kappa shape index (κ2) is 74.4. The fraction of sp³-hybridized carbons (Fsp3) is 0.901. The summed E-state index contributed by atoms with van der Waals surface area (Å²) in [7, 11) is 8.07. The van der Waals surface area contributed by atoms with Gasteiger partial charge in [0.25, 0.3) is 10.5 Å². The van der Waals surface area contributed by atoms with Gasteiger partial charge in [0.1, 0.15) is 24.9 Å². The van der Waals surface area contributed by atoms with Crippen molar-refractivity contribution in [1.29, 1.82) is 0 Å². The van der Waals surface area contributed by atoms with Crippen LogP contribution >= 0.6 is 23.5 Å². The molecule has 0 bridgehead atoms. The van der Waals surface area contributed by atoms with Gasteiger partial charge in [-0.3, -0.25) is 28.8 Å². The van der Waals surface area contributed by atoms with Crippen LogP contribution in [0.4, 0.5) is 9.59 Å². The van der Waals surface area contributed by atoms with E-state index in [9.17, 15) is 28.8 Å². The number of rotatable bonds is 69. The van der Waals surface area contributed by atoms with Crippen molar-refractivity contribution >= 4 is 57.9 Å². The van der Waals surface area contributed by atoms with Gasteiger partial charge in [0, 0.05) is 69.9 Å². The second-order valence-corrected chi connectivity index (χ2v) is 30.2. The van der Waals surface area contributed by atoms with Crippen LogP contribution in [0.1, 0.15) is 370 Å². The summed E-state index contributed by atoms with van der Waals surface area (Å²) in [5.74, 6) is 0.784. The molecule has 0 fully saturated rings. The fourth-order valence-electron chi connectivity index (χ4n) is 11.7. The Balaban J connectivity index is 0. The van der Waals surface area contributed by atoms with Crippen molar-refractivity contribution in [2.45, 2.75) is 388 Å². The number of hydrogen-bond donors (Lipinski definition) is 0. The number of allylic oxidation sites excluding steroid dienone is 1. The zero-order chi connectivity index (χ0) is 71.9. The molecule has 16 heteroatoms. The molecule has 0 aromatic heterocycles. The number of carbonyl (C=O) groups is 6. The number of hydrogen-bond acceptors (Lipinski definition) is 14. The van der Waals surface area contributed by atoms with Crippen molar-refractivity contribution in [3.05, 3.63) is 12.2 Å². The maximum Gasteiger partial charge on any atom is 0.306 e. The molecule has 0 atom stereocenters. The Morgan fingerprint density at radius 2 is 0.577 bits per heavy atom. The van der Waals surface area contributed by atoms with E-state index in [2.05, 4.69) is 64.3 Å². The van der Waals surface area contributed by atoms with Gasteiger partial charge in [0.05, 0.1) is 0 Å². The Bertz CT molecular complexity index is 1730. The highest BCUT2D eigenvalue weighted by atomic mass is 32.2. The van der Waals surface area contributed by atoms with Crippen LogP contribution in [-0.4, -0.2) is 158 Å². The van der Waals surface area contributed by atoms with Gasteiger partial charge in [-0.1, -0.05) is 258 Å². The molecule has 0 aliphatic rings. The van der Waals surface area contributed by atoms with Crippen LogP contribution in [0.3, 0.4) is 0 Å². The number of nitrogens with zero attached hydrogens (tertiary/aromatic N) is 4. The molecule has 0 rings (SSSR count). The molecule has 572 valence electrons. The Morgan fingerprint density at radius 1 is 0.299 bits per heavy atom. The normalized spacial score (nSPS) is 11.5. The van der Waals surface area contributed by atoms with Gasteiger partial charge < -0.3 is 38.5 Å². The Kier molecular flexibility index (Phi) is 73.8. The summed E-state index contributed by atoms with van der Waals surface area (Å²) in [5.41, 5.74) is 0. The lowest BCUT2D eigenvalue weighted by Gasteiger charge is -2.23. The third-order valence-corrected chi connectivity index (χ3v) is 19.8. The number of carbonyl (C=O) groups excluding carboxylic acids is 6. The maximum atomic E-state index is 13.3. The topological polar surface area (TPSA) is 152 Å². The summed E-state index contributed by atoms with van der Waals surface area (Å²) >= 11 is 2.65. The van der Waals surface area contributed by atoms with E-state index < -0.39 is 0 Å². The van der Waals surface area contributed by atoms with Crippen LogP contribution in [0.25, 0.3) is 0 Å². The number of unbranched alkanes of at least 4 members (excludes halogenated alkanes) is 28. The molecule has 0 spiro atoms. The van der Waals surface area contributed by atoms with Gasteiger partial charge >= 0.3 is 23.9 Å². The van der Waals surface area contributed by atoms with E-state index in [1.807, 2.05) is 39.2 Å². The molecule has 97 heavy (non-hydrogen) atoms. The lowest BCUT2D eigenvalue weighted by atomic mass is 10.0. The molecule has 0 radical (unpaired) electrons. The fourth-order valence-corrected chi connectivity index (χ4v) is 13.6. The summed E-state index contributed by atoms with van der Waals surface area (Å²) in [6.45, 7) is 19.6. The predicted molar refractivity (Wildman–Crippen MR) is 416 cm³/mol. The molecular formula is C81H156N4O10S2. The molecule has 0 saturated carbocycles. The molecule has 0 N–H and O–H groups in total. The zero-order valence-electron chi connectivity index (χ0n) is 65.3. The summed E-state index contributed by atoms with van der Waals surface area (Å²) in [4.78, 5) is 85.2. The average molecular weight is 1410 g/mol. The van der Waals surface area contributed by atoms with E-state index in [4.69, 9.17) is 18.9 Å². The highest BCUT2D eigenvalue weighted by Gasteiger charge is 2.22. The molecule has 0 aromatic carbocycles. The molecule has 14 nitrogen and oxygen atoms in total. The van der Waals surface area contributed by atoms with Crippen molar-refractivity contribution in [2.75, 3.05) is 85.6 Å². The first-order valence-electron chi connectivity index (χ1n) is 40.6. The van der Waals surface area contributed by atoms with Crippen molar-refractivity contribution in [3.8, 4) is 0 Å². The van der Waals surface area contributed by atoms with E-state index in [-0.39, 0.29) is 59.1 Å². The number of ether oxygens (including phenoxy) is 4. The van der Waals surface area contributed by atoms with Crippen molar-refractivity contribution in [3.63, 3.8) is 0 Å². The van der Waals surface area contributed by atoms with Crippen LogP contribution in [0.2, 0.25) is 0 Å². The summed E-state index contributed by atoms with van der Waals surface area (Å²) in [5, 5.41) is 0.0381. The first-order chi connectivity index (χ1) is 47.1. The average Bonchev–Trinajstić information content (AvgIpc) is 1.85. The van der Waals surface area contributed by atoms with Gasteiger partial charge in [-0.15, -0.1) is 0 Å². The highest BCUT2D eigenvalue weighted by Crippen LogP contribution is 2.23. The van der Waals surface area contributed by atoms with Crippen LogP contribution in [0, 0.1) is 0 Å². The van der Waals surface area contributed by atoms with Crippen LogP contribution < -0.4 is 0 Å². The summed E-state index contributed by atoms with van der Waals surface area (Å²) in [6.07, 6.45) is 56.4. The monoisotopic (exact) mass is 1410 g/mol. The molecule has 0 aliphatic carbocycles. The number of esters is 4. The van der Waals surface area contributed by atoms with E-state index >= 15 is 0 Å². The Hall–Kier alpha value is -2.82. The molecule has 0 aromatic rings. The van der Waals surface area contributed by atoms with E-state index in [0.29, 0.717) is 83.5 Å². The van der Waals surface area contributed by atoms with Crippen molar-refractivity contribution in [2.24, 2.45) is 0 Å². The highest BCUT2D eigenvalue weighted by molar-refractivity contribution is 8.13. The maximum absolute atomic E-state index is 13.3. The first kappa shape index (κ1) is 96.2. The van der Waals surface area contributed by atoms with Gasteiger partial charge in [-0.2, -0.15) is 0 Å². The lowest BCUT2D eigenvalue weighted by Crippen LogP contribution is -2.31. The summed E-state index contributed by atoms with van der Waals surface area (Å²) < 4.78 is 23.4. The third kappa shape index (κ3) is 68.7. The largest absolute Gasteiger partial charge is 0.462 e. The quantitative estimate of drug-likeness (QED) is 0.0246. The van der Waals surface area contributed by atoms with E-state index in [1.54, 1.807) is 4.90 Å². The zero-order valence-corrected chi connectivity index (χ0v) is 66.9. The first-order valence-corrected chi connectivity index (χ1v) is 42.6. The molecule has 0 heterocycles. The van der Waals surface area contributed by atoms with Crippen LogP contribution in [0.15, 0.2) is 12.2 Å². The van der Waals surface area contributed by atoms with Crippen LogP contribution in [-0.2, 0) is 38.1 Å². The molecule has 2 amide bonds. The van der Waals surface area contributed by atoms with Crippen molar-refractivity contribution < 1.29 is 47.7 Å². The smallest absolute Gasteiger partial charge is 0.306 e. The number of amides is 2. The van der Waals surface area contributed by atoms with Gasteiger partial charge in [-0.05, 0) is 157 Å². The SMILES string of the molecule is CCCCCC/C=C\COC(=O)CCCN(CCCC(=O)OC(CCCCCCC)CCCCCCC)C(=O)SCCN(C)C.CCCCCCCC(CCCCCCC)OC(=O)CCCN(CCCC(=O)OC(CCCCCCC)CCCCCCC)C(=O)SCCCN(C)C. The van der Waals surface area contributed by atoms with Crippen LogP contribution in [0.5, 0.6) is 0 Å². The Morgan fingerprint density at radius 3 is 0.876 bits per heavy atom. The van der Waals surface area contributed by atoms with Crippen molar-refractivity contribution in [1.82, 2.24) is 19.6 Å². The van der Waals surface area contributed by atoms with Gasteiger partial charge in [0.2, 0.25) is 0 Å². The minimum absolute atomic E-state index is 0.00151. The minimum Gasteiger partial charge on any atom is -0.462 e. The van der Waals surface area contributed by atoms with Gasteiger partial charge in [0.15, 0.2) is 0 Å².